The van der Waals surface area contributed by atoms with Crippen molar-refractivity contribution in [2.75, 3.05) is 36.4 Å². The van der Waals surface area contributed by atoms with Crippen molar-refractivity contribution in [2.24, 2.45) is 5.92 Å². The van der Waals surface area contributed by atoms with E-state index in [1.165, 1.54) is 5.56 Å². The van der Waals surface area contributed by atoms with E-state index in [1.807, 2.05) is 34.1 Å². The SMILES string of the molecule is O=C(Nc1ccc(C2CCN(C(=O)c3cc(Cl)cc(Cl)c3)CC2)cc1)C1CN(c2cccnn2)C1. The van der Waals surface area contributed by atoms with Crippen LogP contribution in [-0.2, 0) is 4.79 Å². The lowest BCUT2D eigenvalue weighted by Gasteiger charge is -2.38. The molecule has 180 valence electrons. The van der Waals surface area contributed by atoms with Crippen molar-refractivity contribution in [3.8, 4) is 0 Å². The summed E-state index contributed by atoms with van der Waals surface area (Å²) in [6, 6.07) is 16.7. The summed E-state index contributed by atoms with van der Waals surface area (Å²) in [6.07, 6.45) is 3.40. The molecule has 5 rings (SSSR count). The zero-order valence-corrected chi connectivity index (χ0v) is 20.5. The molecule has 3 heterocycles. The first kappa shape index (κ1) is 23.6. The zero-order chi connectivity index (χ0) is 24.4. The minimum absolute atomic E-state index is 0.0193. The Kier molecular flexibility index (Phi) is 6.88. The third kappa shape index (κ3) is 5.41. The number of carbonyl (C=O) groups is 2. The fourth-order valence-corrected chi connectivity index (χ4v) is 5.18. The number of nitrogens with one attached hydrogen (secondary N) is 1. The number of nitrogens with zero attached hydrogens (tertiary/aromatic N) is 4. The van der Waals surface area contributed by atoms with Crippen LogP contribution in [0.1, 0.15) is 34.7 Å². The number of rotatable bonds is 5. The van der Waals surface area contributed by atoms with Gasteiger partial charge in [-0.1, -0.05) is 35.3 Å². The molecule has 0 spiro atoms. The third-order valence-corrected chi connectivity index (χ3v) is 7.11. The first-order chi connectivity index (χ1) is 17.0. The molecule has 1 aromatic heterocycles. The summed E-state index contributed by atoms with van der Waals surface area (Å²) < 4.78 is 0. The van der Waals surface area contributed by atoms with E-state index in [1.54, 1.807) is 24.4 Å². The lowest BCUT2D eigenvalue weighted by molar-refractivity contribution is -0.120. The average Bonchev–Trinajstić information content (AvgIpc) is 2.83. The second-order valence-electron chi connectivity index (χ2n) is 9.02. The van der Waals surface area contributed by atoms with Crippen LogP contribution in [-0.4, -0.2) is 53.1 Å². The number of amides is 2. The van der Waals surface area contributed by atoms with Crippen LogP contribution in [0.2, 0.25) is 10.0 Å². The molecule has 3 aromatic rings. The monoisotopic (exact) mass is 509 g/mol. The van der Waals surface area contributed by atoms with Gasteiger partial charge in [-0.05, 0) is 66.8 Å². The fourth-order valence-electron chi connectivity index (χ4n) is 4.65. The highest BCUT2D eigenvalue weighted by Crippen LogP contribution is 2.30. The molecule has 2 fully saturated rings. The molecular formula is C26H25Cl2N5O2. The van der Waals surface area contributed by atoms with Gasteiger partial charge >= 0.3 is 0 Å². The molecule has 7 nitrogen and oxygen atoms in total. The number of carbonyl (C=O) groups excluding carboxylic acids is 2. The molecule has 0 unspecified atom stereocenters. The molecule has 0 radical (unpaired) electrons. The second-order valence-corrected chi connectivity index (χ2v) is 9.89. The summed E-state index contributed by atoms with van der Waals surface area (Å²) in [6.45, 7) is 2.63. The molecule has 0 saturated carbocycles. The molecule has 2 aromatic carbocycles. The Bertz CT molecular complexity index is 1190. The summed E-state index contributed by atoms with van der Waals surface area (Å²) >= 11 is 12.1. The molecule has 2 aliphatic heterocycles. The van der Waals surface area contributed by atoms with Gasteiger partial charge in [-0.3, -0.25) is 9.59 Å². The quantitative estimate of drug-likeness (QED) is 0.530. The Morgan fingerprint density at radius 1 is 0.943 bits per heavy atom. The van der Waals surface area contributed by atoms with Gasteiger partial charge in [0.25, 0.3) is 5.91 Å². The van der Waals surface area contributed by atoms with Gasteiger partial charge in [0.2, 0.25) is 5.91 Å². The van der Waals surface area contributed by atoms with Crippen molar-refractivity contribution in [2.45, 2.75) is 18.8 Å². The average molecular weight is 510 g/mol. The summed E-state index contributed by atoms with van der Waals surface area (Å²) in [5.41, 5.74) is 2.54. The van der Waals surface area contributed by atoms with Crippen molar-refractivity contribution in [1.82, 2.24) is 15.1 Å². The molecule has 2 amide bonds. The highest BCUT2D eigenvalue weighted by molar-refractivity contribution is 6.35. The van der Waals surface area contributed by atoms with Gasteiger partial charge in [-0.15, -0.1) is 5.10 Å². The van der Waals surface area contributed by atoms with Crippen LogP contribution in [0.25, 0.3) is 0 Å². The van der Waals surface area contributed by atoms with Crippen LogP contribution in [0.3, 0.4) is 0 Å². The Balaban J connectivity index is 1.11. The topological polar surface area (TPSA) is 78.4 Å². The number of anilines is 2. The van der Waals surface area contributed by atoms with E-state index in [-0.39, 0.29) is 17.7 Å². The van der Waals surface area contributed by atoms with Crippen molar-refractivity contribution in [3.63, 3.8) is 0 Å². The summed E-state index contributed by atoms with van der Waals surface area (Å²) in [5.74, 6) is 1.09. The lowest BCUT2D eigenvalue weighted by atomic mass is 9.89. The van der Waals surface area contributed by atoms with Crippen LogP contribution in [0.15, 0.2) is 60.8 Å². The number of halogens is 2. The van der Waals surface area contributed by atoms with E-state index in [2.05, 4.69) is 27.6 Å². The molecule has 0 atom stereocenters. The van der Waals surface area contributed by atoms with Crippen LogP contribution in [0, 0.1) is 5.92 Å². The summed E-state index contributed by atoms with van der Waals surface area (Å²) in [5, 5.41) is 11.9. The van der Waals surface area contributed by atoms with Crippen molar-refractivity contribution in [1.29, 1.82) is 0 Å². The lowest BCUT2D eigenvalue weighted by Crippen LogP contribution is -2.52. The van der Waals surface area contributed by atoms with Crippen molar-refractivity contribution in [3.05, 3.63) is 82.0 Å². The molecule has 9 heteroatoms. The predicted octanol–water partition coefficient (Wildman–Crippen LogP) is 4.88. The Morgan fingerprint density at radius 2 is 1.63 bits per heavy atom. The van der Waals surface area contributed by atoms with Crippen molar-refractivity contribution >= 4 is 46.5 Å². The summed E-state index contributed by atoms with van der Waals surface area (Å²) in [7, 11) is 0. The second kappa shape index (κ2) is 10.2. The normalized spacial score (nSPS) is 16.6. The van der Waals surface area contributed by atoms with E-state index >= 15 is 0 Å². The molecule has 0 aliphatic carbocycles. The van der Waals surface area contributed by atoms with E-state index < -0.39 is 0 Å². The molecular weight excluding hydrogens is 485 g/mol. The zero-order valence-electron chi connectivity index (χ0n) is 19.0. The Hall–Kier alpha value is -3.16. The van der Waals surface area contributed by atoms with E-state index in [4.69, 9.17) is 23.2 Å². The maximum Gasteiger partial charge on any atom is 0.253 e. The largest absolute Gasteiger partial charge is 0.353 e. The fraction of sp³-hybridized carbons (Fsp3) is 0.308. The van der Waals surface area contributed by atoms with E-state index in [0.29, 0.717) is 47.7 Å². The number of likely N-dealkylation sites (tertiary alicyclic amines) is 1. The number of aromatic nitrogens is 2. The van der Waals surface area contributed by atoms with E-state index in [9.17, 15) is 9.59 Å². The van der Waals surface area contributed by atoms with Crippen LogP contribution in [0.5, 0.6) is 0 Å². The Labute approximate surface area is 214 Å². The number of hydrogen-bond donors (Lipinski definition) is 1. The molecule has 1 N–H and O–H groups in total. The van der Waals surface area contributed by atoms with Gasteiger partial charge in [-0.2, -0.15) is 5.10 Å². The van der Waals surface area contributed by atoms with E-state index in [0.717, 1.165) is 24.3 Å². The highest BCUT2D eigenvalue weighted by Gasteiger charge is 2.33. The molecule has 35 heavy (non-hydrogen) atoms. The predicted molar refractivity (Wildman–Crippen MR) is 137 cm³/mol. The van der Waals surface area contributed by atoms with Crippen LogP contribution in [0.4, 0.5) is 11.5 Å². The molecule has 0 bridgehead atoms. The number of benzene rings is 2. The first-order valence-electron chi connectivity index (χ1n) is 11.6. The Morgan fingerprint density at radius 3 is 2.26 bits per heavy atom. The minimum atomic E-state index is -0.0621. The minimum Gasteiger partial charge on any atom is -0.353 e. The van der Waals surface area contributed by atoms with Gasteiger partial charge in [-0.25, -0.2) is 0 Å². The van der Waals surface area contributed by atoms with Crippen LogP contribution >= 0.6 is 23.2 Å². The van der Waals surface area contributed by atoms with Gasteiger partial charge in [0.05, 0.1) is 5.92 Å². The molecule has 2 aliphatic rings. The van der Waals surface area contributed by atoms with Crippen LogP contribution < -0.4 is 10.2 Å². The van der Waals surface area contributed by atoms with Crippen molar-refractivity contribution < 1.29 is 9.59 Å². The summed E-state index contributed by atoms with van der Waals surface area (Å²) in [4.78, 5) is 29.3. The third-order valence-electron chi connectivity index (χ3n) is 6.68. The van der Waals surface area contributed by atoms with Gasteiger partial charge in [0, 0.05) is 53.7 Å². The van der Waals surface area contributed by atoms with Gasteiger partial charge in [0.1, 0.15) is 0 Å². The first-order valence-corrected chi connectivity index (χ1v) is 12.4. The number of piperidine rings is 1. The smallest absolute Gasteiger partial charge is 0.253 e. The number of hydrogen-bond acceptors (Lipinski definition) is 5. The van der Waals surface area contributed by atoms with Gasteiger partial charge in [0.15, 0.2) is 5.82 Å². The van der Waals surface area contributed by atoms with Gasteiger partial charge < -0.3 is 15.1 Å². The maximum absolute atomic E-state index is 12.8. The highest BCUT2D eigenvalue weighted by atomic mass is 35.5. The maximum atomic E-state index is 12.8. The standard InChI is InChI=1S/C26H25Cl2N5O2/c27-21-12-19(13-22(28)14-21)26(35)32-10-7-18(8-11-32)17-3-5-23(6-4-17)30-25(34)20-15-33(16-20)24-2-1-9-29-31-24/h1-6,9,12-14,18,20H,7-8,10-11,15-16H2,(H,30,34). The molecule has 2 saturated heterocycles.